The first-order valence-corrected chi connectivity index (χ1v) is 7.79. The van der Waals surface area contributed by atoms with E-state index >= 15 is 0 Å². The molecule has 1 aliphatic heterocycles. The number of nitrogens with one attached hydrogen (secondary N) is 1. The maximum Gasteiger partial charge on any atom is 0.0297 e. The van der Waals surface area contributed by atoms with Crippen LogP contribution in [0, 0.1) is 6.92 Å². The Balaban J connectivity index is 1.87. The topological polar surface area (TPSA) is 12.0 Å². The Hall–Kier alpha value is -1.08. The standard InChI is InChI=1S/C18H21N/c1-12-5-6-13-15(8-12)18-7-3-2-4-14(18)16-9-17(13,10-18)11-19-16/h4-6,8,16,19H,2-3,7,9-11H2,1H3. The number of aryl methyl sites for hydroxylation is 1. The van der Waals surface area contributed by atoms with Crippen LogP contribution in [0.15, 0.2) is 29.8 Å². The van der Waals surface area contributed by atoms with Gasteiger partial charge in [0.05, 0.1) is 0 Å². The van der Waals surface area contributed by atoms with Crippen LogP contribution in [0.3, 0.4) is 0 Å². The van der Waals surface area contributed by atoms with E-state index in [9.17, 15) is 0 Å². The lowest BCUT2D eigenvalue weighted by Gasteiger charge is -2.43. The molecule has 1 aromatic rings. The Morgan fingerprint density at radius 1 is 1.26 bits per heavy atom. The second kappa shape index (κ2) is 3.15. The fourth-order valence-corrected chi connectivity index (χ4v) is 5.66. The highest BCUT2D eigenvalue weighted by atomic mass is 15.0. The van der Waals surface area contributed by atoms with E-state index in [1.54, 1.807) is 16.7 Å². The summed E-state index contributed by atoms with van der Waals surface area (Å²) in [5.74, 6) is 0. The Bertz CT molecular complexity index is 614. The average molecular weight is 251 g/mol. The first kappa shape index (κ1) is 10.7. The Labute approximate surface area is 115 Å². The lowest BCUT2D eigenvalue weighted by Crippen LogP contribution is -2.41. The van der Waals surface area contributed by atoms with E-state index in [4.69, 9.17) is 0 Å². The third-order valence-corrected chi connectivity index (χ3v) is 6.28. The molecule has 98 valence electrons. The molecule has 0 aromatic heterocycles. The summed E-state index contributed by atoms with van der Waals surface area (Å²) in [6.45, 7) is 3.45. The van der Waals surface area contributed by atoms with Gasteiger partial charge in [-0.15, -0.1) is 0 Å². The zero-order valence-corrected chi connectivity index (χ0v) is 11.6. The number of allylic oxidation sites excluding steroid dienone is 1. The van der Waals surface area contributed by atoms with Gasteiger partial charge < -0.3 is 5.32 Å². The lowest BCUT2D eigenvalue weighted by atomic mass is 9.60. The van der Waals surface area contributed by atoms with Crippen molar-refractivity contribution in [2.75, 3.05) is 6.54 Å². The van der Waals surface area contributed by atoms with Crippen LogP contribution in [0.4, 0.5) is 0 Å². The van der Waals surface area contributed by atoms with E-state index < -0.39 is 0 Å². The molecule has 2 spiro atoms. The quantitative estimate of drug-likeness (QED) is 0.697. The highest BCUT2D eigenvalue weighted by Crippen LogP contribution is 2.64. The molecule has 1 saturated carbocycles. The molecule has 3 aliphatic carbocycles. The molecule has 3 bridgehead atoms. The summed E-state index contributed by atoms with van der Waals surface area (Å²) < 4.78 is 0. The van der Waals surface area contributed by atoms with Crippen LogP contribution >= 0.6 is 0 Å². The van der Waals surface area contributed by atoms with Gasteiger partial charge in [0.2, 0.25) is 0 Å². The van der Waals surface area contributed by atoms with Crippen molar-refractivity contribution in [3.05, 3.63) is 46.5 Å². The summed E-state index contributed by atoms with van der Waals surface area (Å²) in [5, 5.41) is 3.82. The maximum atomic E-state index is 3.82. The van der Waals surface area contributed by atoms with Crippen molar-refractivity contribution < 1.29 is 0 Å². The van der Waals surface area contributed by atoms with Gasteiger partial charge in [-0.1, -0.05) is 29.8 Å². The number of hydrogen-bond acceptors (Lipinski definition) is 1. The largest absolute Gasteiger partial charge is 0.309 e. The normalized spacial score (nSPS) is 41.7. The van der Waals surface area contributed by atoms with Crippen molar-refractivity contribution in [3.63, 3.8) is 0 Å². The SMILES string of the molecule is Cc1ccc2c(c1)C13CCCC=C1C1CC2(CN1)C3. The Morgan fingerprint density at radius 3 is 3.16 bits per heavy atom. The number of benzene rings is 1. The summed E-state index contributed by atoms with van der Waals surface area (Å²) in [6.07, 6.45) is 9.36. The summed E-state index contributed by atoms with van der Waals surface area (Å²) in [7, 11) is 0. The van der Waals surface area contributed by atoms with Gasteiger partial charge >= 0.3 is 0 Å². The number of hydrogen-bond donors (Lipinski definition) is 1. The average Bonchev–Trinajstić information content (AvgIpc) is 2.87. The third kappa shape index (κ3) is 1.08. The Kier molecular flexibility index (Phi) is 1.77. The summed E-state index contributed by atoms with van der Waals surface area (Å²) in [5.41, 5.74) is 7.43. The number of rotatable bonds is 0. The third-order valence-electron chi connectivity index (χ3n) is 6.28. The number of fused-ring (bicyclic) bond motifs is 3. The lowest BCUT2D eigenvalue weighted by molar-refractivity contribution is 0.294. The van der Waals surface area contributed by atoms with Gasteiger partial charge in [0.15, 0.2) is 0 Å². The van der Waals surface area contributed by atoms with Crippen molar-refractivity contribution in [1.82, 2.24) is 5.32 Å². The van der Waals surface area contributed by atoms with Crippen LogP contribution in [-0.2, 0) is 10.8 Å². The van der Waals surface area contributed by atoms with Crippen LogP contribution in [0.25, 0.3) is 0 Å². The predicted molar refractivity (Wildman–Crippen MR) is 77.5 cm³/mol. The predicted octanol–water partition coefficient (Wildman–Crippen LogP) is 3.36. The van der Waals surface area contributed by atoms with Gasteiger partial charge in [0.25, 0.3) is 0 Å². The fraction of sp³-hybridized carbons (Fsp3) is 0.556. The van der Waals surface area contributed by atoms with E-state index in [0.29, 0.717) is 16.9 Å². The fourth-order valence-electron chi connectivity index (χ4n) is 5.66. The molecule has 5 rings (SSSR count). The van der Waals surface area contributed by atoms with Crippen molar-refractivity contribution in [2.24, 2.45) is 0 Å². The van der Waals surface area contributed by atoms with Crippen molar-refractivity contribution in [2.45, 2.75) is 55.9 Å². The second-order valence-corrected chi connectivity index (χ2v) is 7.28. The van der Waals surface area contributed by atoms with Crippen molar-refractivity contribution in [1.29, 1.82) is 0 Å². The van der Waals surface area contributed by atoms with E-state index in [0.717, 1.165) is 0 Å². The van der Waals surface area contributed by atoms with E-state index in [2.05, 4.69) is 36.5 Å². The first-order chi connectivity index (χ1) is 9.24. The van der Waals surface area contributed by atoms with Crippen molar-refractivity contribution in [3.8, 4) is 0 Å². The van der Waals surface area contributed by atoms with Gasteiger partial charge in [-0.2, -0.15) is 0 Å². The molecule has 1 aromatic carbocycles. The van der Waals surface area contributed by atoms with Gasteiger partial charge in [-0.05, 0) is 55.7 Å². The molecule has 1 nitrogen and oxygen atoms in total. The molecule has 1 heterocycles. The maximum absolute atomic E-state index is 3.82. The minimum atomic E-state index is 0.409. The second-order valence-electron chi connectivity index (χ2n) is 7.28. The molecule has 3 unspecified atom stereocenters. The summed E-state index contributed by atoms with van der Waals surface area (Å²) in [4.78, 5) is 0. The van der Waals surface area contributed by atoms with Crippen LogP contribution < -0.4 is 5.32 Å². The highest BCUT2D eigenvalue weighted by molar-refractivity contribution is 5.59. The van der Waals surface area contributed by atoms with Gasteiger partial charge in [0, 0.05) is 23.4 Å². The van der Waals surface area contributed by atoms with Crippen LogP contribution in [-0.4, -0.2) is 12.6 Å². The zero-order chi connectivity index (χ0) is 12.7. The van der Waals surface area contributed by atoms with Crippen LogP contribution in [0.1, 0.15) is 48.8 Å². The summed E-state index contributed by atoms with van der Waals surface area (Å²) >= 11 is 0. The van der Waals surface area contributed by atoms with E-state index in [1.165, 1.54) is 44.2 Å². The zero-order valence-electron chi connectivity index (χ0n) is 11.6. The van der Waals surface area contributed by atoms with Crippen LogP contribution in [0.5, 0.6) is 0 Å². The molecule has 0 amide bonds. The molecule has 2 fully saturated rings. The highest BCUT2D eigenvalue weighted by Gasteiger charge is 2.62. The van der Waals surface area contributed by atoms with E-state index in [1.807, 2.05) is 0 Å². The van der Waals surface area contributed by atoms with Crippen LogP contribution in [0.2, 0.25) is 0 Å². The molecule has 1 N–H and O–H groups in total. The first-order valence-electron chi connectivity index (χ1n) is 7.79. The molecule has 3 atom stereocenters. The van der Waals surface area contributed by atoms with Crippen molar-refractivity contribution >= 4 is 0 Å². The van der Waals surface area contributed by atoms with Gasteiger partial charge in [0.1, 0.15) is 0 Å². The molecular formula is C18H21N. The van der Waals surface area contributed by atoms with Gasteiger partial charge in [-0.25, -0.2) is 0 Å². The smallest absolute Gasteiger partial charge is 0.0297 e. The molecule has 19 heavy (non-hydrogen) atoms. The summed E-state index contributed by atoms with van der Waals surface area (Å²) in [6, 6.07) is 7.94. The monoisotopic (exact) mass is 251 g/mol. The molecule has 1 heteroatoms. The minimum Gasteiger partial charge on any atom is -0.309 e. The molecule has 0 radical (unpaired) electrons. The minimum absolute atomic E-state index is 0.409. The molecule has 1 saturated heterocycles. The Morgan fingerprint density at radius 2 is 2.21 bits per heavy atom. The molecular weight excluding hydrogens is 230 g/mol. The van der Waals surface area contributed by atoms with E-state index in [-0.39, 0.29) is 0 Å². The molecule has 4 aliphatic rings. The van der Waals surface area contributed by atoms with Gasteiger partial charge in [-0.3, -0.25) is 0 Å².